The van der Waals surface area contributed by atoms with E-state index in [2.05, 4.69) is 0 Å². The van der Waals surface area contributed by atoms with Gasteiger partial charge in [0, 0.05) is 38.1 Å². The standard InChI is InChI=1S/C21H23ClN2O2/c1-15-7-9-16(10-8-15)12-24-14-18(11-20(24)25)21(26)23(2)13-17-5-3-4-6-19(17)22/h3-10,18H,11-14H2,1-2H3. The van der Waals surface area contributed by atoms with E-state index in [1.54, 1.807) is 16.8 Å². The van der Waals surface area contributed by atoms with Gasteiger partial charge in [0.1, 0.15) is 0 Å². The van der Waals surface area contributed by atoms with E-state index in [4.69, 9.17) is 11.6 Å². The van der Waals surface area contributed by atoms with Crippen LogP contribution in [-0.2, 0) is 22.7 Å². The number of nitrogens with zero attached hydrogens (tertiary/aromatic N) is 2. The highest BCUT2D eigenvalue weighted by Gasteiger charge is 2.35. The Morgan fingerprint density at radius 1 is 1.19 bits per heavy atom. The summed E-state index contributed by atoms with van der Waals surface area (Å²) >= 11 is 6.18. The van der Waals surface area contributed by atoms with E-state index in [9.17, 15) is 9.59 Å². The van der Waals surface area contributed by atoms with E-state index >= 15 is 0 Å². The second-order valence-electron chi connectivity index (χ2n) is 6.95. The topological polar surface area (TPSA) is 40.6 Å². The molecule has 1 fully saturated rings. The molecular formula is C21H23ClN2O2. The Balaban J connectivity index is 1.61. The highest BCUT2D eigenvalue weighted by Crippen LogP contribution is 2.24. The fourth-order valence-corrected chi connectivity index (χ4v) is 3.47. The Hall–Kier alpha value is -2.33. The highest BCUT2D eigenvalue weighted by molar-refractivity contribution is 6.31. The van der Waals surface area contributed by atoms with Gasteiger partial charge < -0.3 is 9.80 Å². The molecule has 1 saturated heterocycles. The Morgan fingerprint density at radius 3 is 2.58 bits per heavy atom. The predicted molar refractivity (Wildman–Crippen MR) is 103 cm³/mol. The van der Waals surface area contributed by atoms with Crippen LogP contribution in [0.5, 0.6) is 0 Å². The number of benzene rings is 2. The van der Waals surface area contributed by atoms with Gasteiger partial charge in [-0.2, -0.15) is 0 Å². The summed E-state index contributed by atoms with van der Waals surface area (Å²) in [6.45, 7) is 3.50. The molecule has 2 aromatic carbocycles. The van der Waals surface area contributed by atoms with Gasteiger partial charge in [0.25, 0.3) is 0 Å². The first-order valence-electron chi connectivity index (χ1n) is 8.75. The SMILES string of the molecule is Cc1ccc(CN2CC(C(=O)N(C)Cc3ccccc3Cl)CC2=O)cc1. The first-order valence-corrected chi connectivity index (χ1v) is 9.13. The van der Waals surface area contributed by atoms with Crippen LogP contribution in [0.3, 0.4) is 0 Å². The molecule has 0 aliphatic carbocycles. The number of amides is 2. The van der Waals surface area contributed by atoms with Gasteiger partial charge in [0.15, 0.2) is 0 Å². The van der Waals surface area contributed by atoms with E-state index in [-0.39, 0.29) is 24.2 Å². The fraction of sp³-hybridized carbons (Fsp3) is 0.333. The minimum Gasteiger partial charge on any atom is -0.341 e. The number of carbonyl (C=O) groups excluding carboxylic acids is 2. The van der Waals surface area contributed by atoms with Crippen LogP contribution in [0.2, 0.25) is 5.02 Å². The summed E-state index contributed by atoms with van der Waals surface area (Å²) in [4.78, 5) is 28.5. The number of likely N-dealkylation sites (tertiary alicyclic amines) is 1. The molecule has 0 saturated carbocycles. The van der Waals surface area contributed by atoms with Gasteiger partial charge in [-0.25, -0.2) is 0 Å². The summed E-state index contributed by atoms with van der Waals surface area (Å²) in [5, 5.41) is 0.649. The van der Waals surface area contributed by atoms with Crippen molar-refractivity contribution in [3.8, 4) is 0 Å². The van der Waals surface area contributed by atoms with Crippen LogP contribution in [0.4, 0.5) is 0 Å². The zero-order valence-electron chi connectivity index (χ0n) is 15.1. The Bertz CT molecular complexity index is 804. The van der Waals surface area contributed by atoms with Crippen LogP contribution in [0.25, 0.3) is 0 Å². The molecule has 2 amide bonds. The largest absolute Gasteiger partial charge is 0.341 e. The molecule has 2 aromatic rings. The van der Waals surface area contributed by atoms with Gasteiger partial charge in [0.05, 0.1) is 5.92 Å². The van der Waals surface area contributed by atoms with Crippen molar-refractivity contribution >= 4 is 23.4 Å². The van der Waals surface area contributed by atoms with Crippen molar-refractivity contribution < 1.29 is 9.59 Å². The van der Waals surface area contributed by atoms with E-state index < -0.39 is 0 Å². The average Bonchev–Trinajstić information content (AvgIpc) is 2.99. The third-order valence-electron chi connectivity index (χ3n) is 4.80. The van der Waals surface area contributed by atoms with Crippen molar-refractivity contribution in [3.05, 3.63) is 70.2 Å². The molecular weight excluding hydrogens is 348 g/mol. The Kier molecular flexibility index (Phi) is 5.62. The fourth-order valence-electron chi connectivity index (χ4n) is 3.28. The quantitative estimate of drug-likeness (QED) is 0.806. The highest BCUT2D eigenvalue weighted by atomic mass is 35.5. The Morgan fingerprint density at radius 2 is 1.88 bits per heavy atom. The lowest BCUT2D eigenvalue weighted by molar-refractivity contribution is -0.135. The zero-order chi connectivity index (χ0) is 18.7. The molecule has 0 N–H and O–H groups in total. The molecule has 1 aliphatic heterocycles. The first kappa shape index (κ1) is 18.5. The van der Waals surface area contributed by atoms with E-state index in [1.165, 1.54) is 5.56 Å². The molecule has 3 rings (SSSR count). The lowest BCUT2D eigenvalue weighted by Crippen LogP contribution is -2.34. The number of carbonyl (C=O) groups is 2. The van der Waals surface area contributed by atoms with Gasteiger partial charge in [-0.3, -0.25) is 9.59 Å². The van der Waals surface area contributed by atoms with Crippen LogP contribution in [0.1, 0.15) is 23.1 Å². The van der Waals surface area contributed by atoms with Crippen LogP contribution in [-0.4, -0.2) is 35.2 Å². The molecule has 0 spiro atoms. The minimum atomic E-state index is -0.291. The molecule has 4 nitrogen and oxygen atoms in total. The molecule has 5 heteroatoms. The number of aryl methyl sites for hydroxylation is 1. The maximum absolute atomic E-state index is 12.8. The number of hydrogen-bond donors (Lipinski definition) is 0. The average molecular weight is 371 g/mol. The normalized spacial score (nSPS) is 16.8. The van der Waals surface area contributed by atoms with Gasteiger partial charge in [0.2, 0.25) is 11.8 Å². The molecule has 1 unspecified atom stereocenters. The lowest BCUT2D eigenvalue weighted by Gasteiger charge is -2.22. The summed E-state index contributed by atoms with van der Waals surface area (Å²) in [7, 11) is 1.76. The number of hydrogen-bond acceptors (Lipinski definition) is 2. The second-order valence-corrected chi connectivity index (χ2v) is 7.35. The van der Waals surface area contributed by atoms with Crippen molar-refractivity contribution in [2.24, 2.45) is 5.92 Å². The summed E-state index contributed by atoms with van der Waals surface area (Å²) < 4.78 is 0. The summed E-state index contributed by atoms with van der Waals surface area (Å²) in [6.07, 6.45) is 0.275. The summed E-state index contributed by atoms with van der Waals surface area (Å²) in [6, 6.07) is 15.6. The van der Waals surface area contributed by atoms with Crippen molar-refractivity contribution in [2.75, 3.05) is 13.6 Å². The van der Waals surface area contributed by atoms with Crippen LogP contribution in [0.15, 0.2) is 48.5 Å². The molecule has 1 aliphatic rings. The second kappa shape index (κ2) is 7.92. The van der Waals surface area contributed by atoms with Crippen molar-refractivity contribution in [1.82, 2.24) is 9.80 Å². The maximum Gasteiger partial charge on any atom is 0.228 e. The monoisotopic (exact) mass is 370 g/mol. The molecule has 26 heavy (non-hydrogen) atoms. The van der Waals surface area contributed by atoms with Gasteiger partial charge in [-0.1, -0.05) is 59.6 Å². The Labute approximate surface area is 159 Å². The first-order chi connectivity index (χ1) is 12.4. The lowest BCUT2D eigenvalue weighted by atomic mass is 10.1. The summed E-state index contributed by atoms with van der Waals surface area (Å²) in [5.41, 5.74) is 3.18. The molecule has 0 bridgehead atoms. The zero-order valence-corrected chi connectivity index (χ0v) is 15.9. The molecule has 136 valence electrons. The minimum absolute atomic E-state index is 0.00956. The van der Waals surface area contributed by atoms with Gasteiger partial charge >= 0.3 is 0 Å². The molecule has 0 radical (unpaired) electrons. The molecule has 0 aromatic heterocycles. The maximum atomic E-state index is 12.8. The van der Waals surface area contributed by atoms with E-state index in [0.29, 0.717) is 24.7 Å². The number of rotatable bonds is 5. The van der Waals surface area contributed by atoms with Crippen LogP contribution < -0.4 is 0 Å². The third-order valence-corrected chi connectivity index (χ3v) is 5.17. The van der Waals surface area contributed by atoms with Crippen LogP contribution in [0, 0.1) is 12.8 Å². The van der Waals surface area contributed by atoms with Crippen molar-refractivity contribution in [2.45, 2.75) is 26.4 Å². The predicted octanol–water partition coefficient (Wildman–Crippen LogP) is 3.66. The molecule has 1 heterocycles. The van der Waals surface area contributed by atoms with Crippen molar-refractivity contribution in [1.29, 1.82) is 0 Å². The third kappa shape index (κ3) is 4.25. The van der Waals surface area contributed by atoms with E-state index in [1.807, 2.05) is 55.5 Å². The van der Waals surface area contributed by atoms with Gasteiger partial charge in [-0.15, -0.1) is 0 Å². The van der Waals surface area contributed by atoms with Gasteiger partial charge in [-0.05, 0) is 24.1 Å². The smallest absolute Gasteiger partial charge is 0.228 e. The van der Waals surface area contributed by atoms with Crippen molar-refractivity contribution in [3.63, 3.8) is 0 Å². The molecule has 1 atom stereocenters. The van der Waals surface area contributed by atoms with E-state index in [0.717, 1.165) is 11.1 Å². The summed E-state index contributed by atoms with van der Waals surface area (Å²) in [5.74, 6) is -0.264. The number of halogens is 1. The van der Waals surface area contributed by atoms with Crippen LogP contribution >= 0.6 is 11.6 Å².